The van der Waals surface area contributed by atoms with Crippen LogP contribution in [0, 0.1) is 17.2 Å². The first-order valence-corrected chi connectivity index (χ1v) is 11.5. The van der Waals surface area contributed by atoms with Crippen LogP contribution in [-0.4, -0.2) is 36.7 Å². The van der Waals surface area contributed by atoms with Crippen LogP contribution in [0.4, 0.5) is 9.18 Å². The van der Waals surface area contributed by atoms with Crippen molar-refractivity contribution in [2.75, 3.05) is 19.6 Å². The summed E-state index contributed by atoms with van der Waals surface area (Å²) < 4.78 is 19.3. The van der Waals surface area contributed by atoms with E-state index in [0.29, 0.717) is 10.9 Å². The fourth-order valence-electron chi connectivity index (χ4n) is 5.55. The molecular formula is C25H28ClFN2O2. The fraction of sp³-hybridized carbons (Fsp3) is 0.480. The fourth-order valence-corrected chi connectivity index (χ4v) is 5.83. The van der Waals surface area contributed by atoms with E-state index in [1.165, 1.54) is 17.7 Å². The van der Waals surface area contributed by atoms with E-state index in [-0.39, 0.29) is 29.5 Å². The van der Waals surface area contributed by atoms with Gasteiger partial charge in [-0.05, 0) is 78.6 Å². The van der Waals surface area contributed by atoms with E-state index in [1.54, 1.807) is 6.07 Å². The van der Waals surface area contributed by atoms with Crippen molar-refractivity contribution in [3.05, 3.63) is 58.4 Å². The molecule has 4 nitrogen and oxygen atoms in total. The Kier molecular flexibility index (Phi) is 5.22. The molecule has 3 saturated heterocycles. The summed E-state index contributed by atoms with van der Waals surface area (Å²) in [6, 6.07) is 10.5. The van der Waals surface area contributed by atoms with Crippen molar-refractivity contribution in [3.63, 3.8) is 0 Å². The van der Waals surface area contributed by atoms with E-state index in [1.807, 2.05) is 6.07 Å². The number of nitrogens with one attached hydrogen (secondary N) is 1. The van der Waals surface area contributed by atoms with E-state index in [2.05, 4.69) is 36.2 Å². The van der Waals surface area contributed by atoms with E-state index in [9.17, 15) is 9.18 Å². The van der Waals surface area contributed by atoms with Crippen molar-refractivity contribution in [2.45, 2.75) is 45.3 Å². The number of fused-ring (bicyclic) bond motifs is 4. The molecule has 1 N–H and O–H groups in total. The van der Waals surface area contributed by atoms with Crippen LogP contribution in [0.15, 0.2) is 36.4 Å². The molecule has 1 amide bonds. The second-order valence-electron chi connectivity index (χ2n) is 9.86. The van der Waals surface area contributed by atoms with Gasteiger partial charge in [0.2, 0.25) is 0 Å². The third kappa shape index (κ3) is 3.94. The molecule has 0 saturated carbocycles. The van der Waals surface area contributed by atoms with Gasteiger partial charge in [-0.2, -0.15) is 0 Å². The van der Waals surface area contributed by atoms with Crippen LogP contribution in [-0.2, 0) is 11.2 Å². The van der Waals surface area contributed by atoms with E-state index in [0.717, 1.165) is 55.6 Å². The lowest BCUT2D eigenvalue weighted by Crippen LogP contribution is -2.53. The molecular weight excluding hydrogens is 415 g/mol. The number of benzene rings is 2. The van der Waals surface area contributed by atoms with Crippen molar-refractivity contribution in [1.29, 1.82) is 0 Å². The number of nitrogens with zero attached hydrogens (tertiary/aromatic N) is 1. The Morgan fingerprint density at radius 1 is 1.19 bits per heavy atom. The van der Waals surface area contributed by atoms with E-state index < -0.39 is 0 Å². The zero-order valence-electron chi connectivity index (χ0n) is 18.0. The Labute approximate surface area is 187 Å². The molecule has 2 bridgehead atoms. The molecule has 1 unspecified atom stereocenters. The molecule has 0 radical (unpaired) electrons. The third-order valence-corrected chi connectivity index (χ3v) is 7.55. The molecule has 4 aliphatic rings. The van der Waals surface area contributed by atoms with Gasteiger partial charge >= 0.3 is 6.09 Å². The Morgan fingerprint density at radius 3 is 2.65 bits per heavy atom. The number of alkyl carbamates (subject to hydrolysis) is 1. The van der Waals surface area contributed by atoms with Gasteiger partial charge < -0.3 is 10.1 Å². The van der Waals surface area contributed by atoms with Crippen LogP contribution >= 0.6 is 11.6 Å². The maximum absolute atomic E-state index is 13.4. The average Bonchev–Trinajstić information content (AvgIpc) is 2.97. The highest BCUT2D eigenvalue weighted by atomic mass is 35.5. The number of ether oxygens (including phenoxy) is 1. The van der Waals surface area contributed by atoms with Crippen molar-refractivity contribution in [1.82, 2.24) is 10.2 Å². The normalized spacial score (nSPS) is 28.3. The Balaban J connectivity index is 1.34. The number of hydrogen-bond acceptors (Lipinski definition) is 3. The lowest BCUT2D eigenvalue weighted by molar-refractivity contribution is -0.0348. The zero-order chi connectivity index (χ0) is 21.8. The molecule has 1 aliphatic carbocycles. The number of halogens is 2. The topological polar surface area (TPSA) is 41.6 Å². The molecule has 6 heteroatoms. The lowest BCUT2D eigenvalue weighted by Gasteiger charge is -2.44. The summed E-state index contributed by atoms with van der Waals surface area (Å²) in [5.74, 6) is 0.143. The van der Waals surface area contributed by atoms with Crippen LogP contribution in [0.3, 0.4) is 0 Å². The standard InChI is InChI=1S/C25H28ClFN2O2/c1-25(2)13-17-11-16(19-6-4-18(27)12-21(19)26)3-5-20(17)23(25)28-24(30)31-22-14-29-9-7-15(22)8-10-29/h3-6,11-12,15,22-23H,7-10,13-14H2,1-2H3,(H,28,30)/t22-,23?/m1/s1. The summed E-state index contributed by atoms with van der Waals surface area (Å²) >= 11 is 6.27. The molecule has 2 aromatic rings. The summed E-state index contributed by atoms with van der Waals surface area (Å²) in [5, 5.41) is 3.55. The van der Waals surface area contributed by atoms with Crippen LogP contribution in [0.1, 0.15) is 43.9 Å². The Morgan fingerprint density at radius 2 is 1.97 bits per heavy atom. The highest BCUT2D eigenvalue weighted by Gasteiger charge is 2.42. The van der Waals surface area contributed by atoms with Crippen molar-refractivity contribution in [3.8, 4) is 11.1 Å². The first-order valence-electron chi connectivity index (χ1n) is 11.1. The van der Waals surface area contributed by atoms with Gasteiger partial charge in [0.1, 0.15) is 11.9 Å². The SMILES string of the molecule is CC1(C)Cc2cc(-c3ccc(F)cc3Cl)ccc2C1NC(=O)O[C@@H]1CN2CCC1CC2. The zero-order valence-corrected chi connectivity index (χ0v) is 18.7. The maximum Gasteiger partial charge on any atom is 0.407 e. The smallest absolute Gasteiger partial charge is 0.407 e. The highest BCUT2D eigenvalue weighted by Crippen LogP contribution is 2.46. The summed E-state index contributed by atoms with van der Waals surface area (Å²) in [6.07, 6.45) is 2.74. The Hall–Kier alpha value is -2.11. The first-order chi connectivity index (χ1) is 14.8. The Bertz CT molecular complexity index is 1020. The molecule has 6 rings (SSSR count). The number of piperidine rings is 3. The lowest BCUT2D eigenvalue weighted by atomic mass is 9.85. The van der Waals surface area contributed by atoms with Crippen LogP contribution in [0.5, 0.6) is 0 Å². The van der Waals surface area contributed by atoms with E-state index in [4.69, 9.17) is 16.3 Å². The summed E-state index contributed by atoms with van der Waals surface area (Å²) in [7, 11) is 0. The summed E-state index contributed by atoms with van der Waals surface area (Å²) in [6.45, 7) is 7.42. The second-order valence-corrected chi connectivity index (χ2v) is 10.3. The molecule has 3 aliphatic heterocycles. The predicted molar refractivity (Wildman–Crippen MR) is 120 cm³/mol. The number of rotatable bonds is 3. The first kappa shape index (κ1) is 20.8. The predicted octanol–water partition coefficient (Wildman–Crippen LogP) is 5.59. The molecule has 3 heterocycles. The number of amides is 1. The number of hydrogen-bond donors (Lipinski definition) is 1. The van der Waals surface area contributed by atoms with Gasteiger partial charge in [0.25, 0.3) is 0 Å². The molecule has 0 aromatic heterocycles. The van der Waals surface area contributed by atoms with Gasteiger partial charge in [-0.25, -0.2) is 9.18 Å². The van der Waals surface area contributed by atoms with Crippen molar-refractivity contribution >= 4 is 17.7 Å². The van der Waals surface area contributed by atoms with Gasteiger partial charge in [0.15, 0.2) is 0 Å². The largest absolute Gasteiger partial charge is 0.445 e. The van der Waals surface area contributed by atoms with Crippen molar-refractivity contribution in [2.24, 2.45) is 11.3 Å². The third-order valence-electron chi connectivity index (χ3n) is 7.24. The average molecular weight is 443 g/mol. The second kappa shape index (κ2) is 7.79. The minimum Gasteiger partial charge on any atom is -0.445 e. The highest BCUT2D eigenvalue weighted by molar-refractivity contribution is 6.33. The molecule has 164 valence electrons. The van der Waals surface area contributed by atoms with Crippen LogP contribution in [0.2, 0.25) is 5.02 Å². The van der Waals surface area contributed by atoms with Gasteiger partial charge in [-0.15, -0.1) is 0 Å². The van der Waals surface area contributed by atoms with E-state index >= 15 is 0 Å². The number of carbonyl (C=O) groups excluding carboxylic acids is 1. The molecule has 2 atom stereocenters. The van der Waals surface area contributed by atoms with Gasteiger partial charge in [-0.3, -0.25) is 4.90 Å². The minimum absolute atomic E-state index is 0.00511. The quantitative estimate of drug-likeness (QED) is 0.673. The summed E-state index contributed by atoms with van der Waals surface area (Å²) in [5.41, 5.74) is 3.91. The van der Waals surface area contributed by atoms with Gasteiger partial charge in [-0.1, -0.05) is 43.6 Å². The van der Waals surface area contributed by atoms with Gasteiger partial charge in [0.05, 0.1) is 11.1 Å². The molecule has 0 spiro atoms. The van der Waals surface area contributed by atoms with Crippen molar-refractivity contribution < 1.29 is 13.9 Å². The van der Waals surface area contributed by atoms with Crippen LogP contribution < -0.4 is 5.32 Å². The molecule has 2 aromatic carbocycles. The monoisotopic (exact) mass is 442 g/mol. The number of carbonyl (C=O) groups is 1. The molecule has 31 heavy (non-hydrogen) atoms. The maximum atomic E-state index is 13.4. The minimum atomic E-state index is -0.346. The van der Waals surface area contributed by atoms with Crippen LogP contribution in [0.25, 0.3) is 11.1 Å². The molecule has 3 fully saturated rings. The summed E-state index contributed by atoms with van der Waals surface area (Å²) in [4.78, 5) is 15.2. The van der Waals surface area contributed by atoms with Gasteiger partial charge in [0, 0.05) is 12.1 Å².